The van der Waals surface area contributed by atoms with Gasteiger partial charge in [-0.3, -0.25) is 4.79 Å². The van der Waals surface area contributed by atoms with E-state index in [1.807, 2.05) is 25.7 Å². The number of anilines is 1. The van der Waals surface area contributed by atoms with Gasteiger partial charge in [0.15, 0.2) is 0 Å². The van der Waals surface area contributed by atoms with Gasteiger partial charge in [-0.15, -0.1) is 4.37 Å². The average molecular weight is 342 g/mol. The molecule has 1 aromatic rings. The van der Waals surface area contributed by atoms with Crippen molar-refractivity contribution in [2.24, 2.45) is 0 Å². The molecule has 2 heterocycles. The third-order valence-electron chi connectivity index (χ3n) is 3.71. The maximum Gasteiger partial charge on any atom is 0.270 e. The fraction of sp³-hybridized carbons (Fsp3) is 0.800. The van der Waals surface area contributed by atoms with E-state index in [0.29, 0.717) is 32.2 Å². The van der Waals surface area contributed by atoms with Gasteiger partial charge in [-0.2, -0.15) is 4.37 Å². The molecule has 0 bridgehead atoms. The Kier molecular flexibility index (Phi) is 6.17. The van der Waals surface area contributed by atoms with E-state index in [1.54, 1.807) is 6.92 Å². The minimum atomic E-state index is -0.174. The van der Waals surface area contributed by atoms with Gasteiger partial charge in [0, 0.05) is 32.1 Å². The summed E-state index contributed by atoms with van der Waals surface area (Å²) in [7, 11) is 0. The number of ether oxygens (including phenoxy) is 2. The largest absolute Gasteiger partial charge is 0.474 e. The van der Waals surface area contributed by atoms with Crippen LogP contribution in [0.5, 0.6) is 5.88 Å². The molecule has 130 valence electrons. The second-order valence-corrected chi connectivity index (χ2v) is 7.06. The van der Waals surface area contributed by atoms with E-state index in [-0.39, 0.29) is 11.4 Å². The average Bonchev–Trinajstić information content (AvgIpc) is 2.94. The van der Waals surface area contributed by atoms with Gasteiger partial charge < -0.3 is 19.3 Å². The van der Waals surface area contributed by atoms with Crippen LogP contribution >= 0.6 is 11.7 Å². The molecule has 0 unspecified atom stereocenters. The lowest BCUT2D eigenvalue weighted by Gasteiger charge is -2.35. The number of morpholine rings is 1. The molecule has 7 nitrogen and oxygen atoms in total. The number of carbonyl (C=O) groups is 1. The second-order valence-electron chi connectivity index (χ2n) is 6.54. The van der Waals surface area contributed by atoms with Crippen LogP contribution in [0, 0.1) is 0 Å². The van der Waals surface area contributed by atoms with Gasteiger partial charge in [0.1, 0.15) is 0 Å². The fourth-order valence-electron chi connectivity index (χ4n) is 2.59. The quantitative estimate of drug-likeness (QED) is 0.734. The van der Waals surface area contributed by atoms with E-state index in [0.717, 1.165) is 37.1 Å². The molecule has 0 radical (unpaired) electrons. The van der Waals surface area contributed by atoms with Crippen molar-refractivity contribution >= 4 is 23.5 Å². The van der Waals surface area contributed by atoms with Crippen molar-refractivity contribution in [1.82, 2.24) is 13.6 Å². The van der Waals surface area contributed by atoms with Crippen LogP contribution in [0.2, 0.25) is 0 Å². The highest BCUT2D eigenvalue weighted by molar-refractivity contribution is 6.99. The van der Waals surface area contributed by atoms with Gasteiger partial charge in [-0.05, 0) is 27.2 Å². The van der Waals surface area contributed by atoms with Crippen LogP contribution in [0.15, 0.2) is 0 Å². The molecule has 8 heteroatoms. The number of hydrogen-bond acceptors (Lipinski definition) is 7. The van der Waals surface area contributed by atoms with Crippen molar-refractivity contribution in [3.63, 3.8) is 0 Å². The summed E-state index contributed by atoms with van der Waals surface area (Å²) >= 11 is 1.16. The number of rotatable bonds is 6. The fourth-order valence-corrected chi connectivity index (χ4v) is 3.11. The van der Waals surface area contributed by atoms with E-state index in [2.05, 4.69) is 13.6 Å². The summed E-state index contributed by atoms with van der Waals surface area (Å²) in [5.41, 5.74) is -0.174. The molecule has 0 aromatic carbocycles. The van der Waals surface area contributed by atoms with Gasteiger partial charge >= 0.3 is 0 Å². The Balaban J connectivity index is 1.83. The Morgan fingerprint density at radius 3 is 2.65 bits per heavy atom. The van der Waals surface area contributed by atoms with Crippen LogP contribution in [0.4, 0.5) is 5.82 Å². The molecular formula is C15H26N4O3S. The molecule has 0 N–H and O–H groups in total. The zero-order valence-electron chi connectivity index (χ0n) is 14.4. The standard InChI is InChI=1S/C15H26N4O3S/c1-12(20)19(15(2,3)4)6-5-9-22-14-13(16-23-17-14)18-7-10-21-11-8-18/h5-11H2,1-4H3. The molecule has 23 heavy (non-hydrogen) atoms. The molecule has 0 atom stereocenters. The van der Waals surface area contributed by atoms with Crippen LogP contribution in [0.3, 0.4) is 0 Å². The van der Waals surface area contributed by atoms with Crippen LogP contribution in [-0.2, 0) is 9.53 Å². The Bertz CT molecular complexity index is 509. The third-order valence-corrected chi connectivity index (χ3v) is 4.21. The SMILES string of the molecule is CC(=O)N(CCCOc1nsnc1N1CCOCC1)C(C)(C)C. The minimum absolute atomic E-state index is 0.0850. The molecule has 0 spiro atoms. The van der Waals surface area contributed by atoms with Gasteiger partial charge in [0.05, 0.1) is 31.5 Å². The molecule has 1 aromatic heterocycles. The summed E-state index contributed by atoms with van der Waals surface area (Å²) in [5.74, 6) is 1.47. The van der Waals surface area contributed by atoms with Crippen LogP contribution in [0.1, 0.15) is 34.1 Å². The monoisotopic (exact) mass is 342 g/mol. The lowest BCUT2D eigenvalue weighted by Crippen LogP contribution is -2.45. The maximum atomic E-state index is 11.7. The van der Waals surface area contributed by atoms with Crippen molar-refractivity contribution in [3.05, 3.63) is 0 Å². The lowest BCUT2D eigenvalue weighted by molar-refractivity contribution is -0.133. The third kappa shape index (κ3) is 5.04. The summed E-state index contributed by atoms with van der Waals surface area (Å²) in [6, 6.07) is 0. The minimum Gasteiger partial charge on any atom is -0.474 e. The van der Waals surface area contributed by atoms with E-state index in [4.69, 9.17) is 9.47 Å². The van der Waals surface area contributed by atoms with Crippen LogP contribution in [0.25, 0.3) is 0 Å². The molecule has 1 aliphatic heterocycles. The molecule has 2 rings (SSSR count). The van der Waals surface area contributed by atoms with Gasteiger partial charge in [-0.1, -0.05) is 0 Å². The maximum absolute atomic E-state index is 11.7. The Morgan fingerprint density at radius 1 is 1.35 bits per heavy atom. The van der Waals surface area contributed by atoms with Crippen molar-refractivity contribution < 1.29 is 14.3 Å². The first kappa shape index (κ1) is 17.9. The van der Waals surface area contributed by atoms with Crippen molar-refractivity contribution in [2.75, 3.05) is 44.4 Å². The topological polar surface area (TPSA) is 67.8 Å². The zero-order valence-corrected chi connectivity index (χ0v) is 15.2. The highest BCUT2D eigenvalue weighted by Gasteiger charge is 2.23. The van der Waals surface area contributed by atoms with E-state index in [9.17, 15) is 4.79 Å². The zero-order chi connectivity index (χ0) is 16.9. The summed E-state index contributed by atoms with van der Waals surface area (Å²) in [6.45, 7) is 11.9. The Labute approximate surface area is 141 Å². The predicted molar refractivity (Wildman–Crippen MR) is 90.2 cm³/mol. The summed E-state index contributed by atoms with van der Waals surface area (Å²) in [5, 5.41) is 0. The van der Waals surface area contributed by atoms with E-state index in [1.165, 1.54) is 0 Å². The van der Waals surface area contributed by atoms with Crippen molar-refractivity contribution in [2.45, 2.75) is 39.7 Å². The molecular weight excluding hydrogens is 316 g/mol. The van der Waals surface area contributed by atoms with E-state index < -0.39 is 0 Å². The normalized spacial score (nSPS) is 15.6. The summed E-state index contributed by atoms with van der Waals surface area (Å²) in [6.07, 6.45) is 0.761. The first-order valence-electron chi connectivity index (χ1n) is 7.96. The highest BCUT2D eigenvalue weighted by atomic mass is 32.1. The number of aromatic nitrogens is 2. The van der Waals surface area contributed by atoms with Crippen LogP contribution in [-0.4, -0.2) is 64.5 Å². The molecule has 1 saturated heterocycles. The van der Waals surface area contributed by atoms with Crippen molar-refractivity contribution in [1.29, 1.82) is 0 Å². The van der Waals surface area contributed by atoms with Gasteiger partial charge in [0.25, 0.3) is 5.88 Å². The lowest BCUT2D eigenvalue weighted by atomic mass is 10.1. The Hall–Kier alpha value is -1.41. The molecule has 1 fully saturated rings. The number of carbonyl (C=O) groups excluding carboxylic acids is 1. The van der Waals surface area contributed by atoms with Gasteiger partial charge in [0.2, 0.25) is 11.7 Å². The smallest absolute Gasteiger partial charge is 0.270 e. The molecule has 1 amide bonds. The number of nitrogens with zero attached hydrogens (tertiary/aromatic N) is 4. The highest BCUT2D eigenvalue weighted by Crippen LogP contribution is 2.26. The van der Waals surface area contributed by atoms with E-state index >= 15 is 0 Å². The second kappa shape index (κ2) is 7.92. The van der Waals surface area contributed by atoms with Crippen LogP contribution < -0.4 is 9.64 Å². The predicted octanol–water partition coefficient (Wildman–Crippen LogP) is 1.79. The number of amides is 1. The molecule has 0 saturated carbocycles. The summed E-state index contributed by atoms with van der Waals surface area (Å²) < 4.78 is 19.7. The summed E-state index contributed by atoms with van der Waals surface area (Å²) in [4.78, 5) is 15.7. The Morgan fingerprint density at radius 2 is 2.04 bits per heavy atom. The van der Waals surface area contributed by atoms with Crippen molar-refractivity contribution in [3.8, 4) is 5.88 Å². The van der Waals surface area contributed by atoms with Gasteiger partial charge in [-0.25, -0.2) is 0 Å². The molecule has 0 aliphatic carbocycles. The first-order valence-corrected chi connectivity index (χ1v) is 8.69. The molecule has 1 aliphatic rings. The first-order chi connectivity index (χ1) is 10.9. The number of hydrogen-bond donors (Lipinski definition) is 0.